The molecule has 2 rings (SSSR count). The summed E-state index contributed by atoms with van der Waals surface area (Å²) in [7, 11) is -2.07. The molecule has 1 aliphatic heterocycles. The maximum absolute atomic E-state index is 12.8. The highest BCUT2D eigenvalue weighted by Gasteiger charge is 2.41. The lowest BCUT2D eigenvalue weighted by atomic mass is 9.87. The van der Waals surface area contributed by atoms with Crippen LogP contribution in [0.4, 0.5) is 0 Å². The van der Waals surface area contributed by atoms with E-state index in [9.17, 15) is 13.5 Å². The first kappa shape index (κ1) is 19.2. The third-order valence-electron chi connectivity index (χ3n) is 4.17. The Hall–Kier alpha value is -1.15. The van der Waals surface area contributed by atoms with Crippen LogP contribution in [-0.2, 0) is 10.0 Å². The molecule has 2 atom stereocenters. The third kappa shape index (κ3) is 3.59. The van der Waals surface area contributed by atoms with E-state index < -0.39 is 27.8 Å². The fourth-order valence-electron chi connectivity index (χ4n) is 2.92. The average Bonchev–Trinajstić information content (AvgIpc) is 2.42. The molecule has 3 N–H and O–H groups in total. The van der Waals surface area contributed by atoms with Crippen LogP contribution in [0, 0.1) is 5.41 Å². The Labute approximate surface area is 144 Å². The van der Waals surface area contributed by atoms with Crippen molar-refractivity contribution in [3.63, 3.8) is 0 Å². The second-order valence-electron chi connectivity index (χ2n) is 8.20. The lowest BCUT2D eigenvalue weighted by Crippen LogP contribution is -2.51. The topological polar surface area (TPSA) is 92.9 Å². The van der Waals surface area contributed by atoms with Crippen molar-refractivity contribution in [2.45, 2.75) is 57.3 Å². The van der Waals surface area contributed by atoms with Gasteiger partial charge in [-0.1, -0.05) is 20.8 Å². The van der Waals surface area contributed by atoms with E-state index in [2.05, 4.69) is 0 Å². The number of nitrogens with zero attached hydrogens (tertiary/aromatic N) is 1. The van der Waals surface area contributed by atoms with Gasteiger partial charge >= 0.3 is 0 Å². The molecule has 0 saturated heterocycles. The minimum atomic E-state index is -3.63. The van der Waals surface area contributed by atoms with Crippen molar-refractivity contribution in [1.29, 1.82) is 0 Å². The summed E-state index contributed by atoms with van der Waals surface area (Å²) in [6, 6.07) is 3.94. The lowest BCUT2D eigenvalue weighted by Gasteiger charge is -2.40. The van der Waals surface area contributed by atoms with Gasteiger partial charge < -0.3 is 15.6 Å². The molecule has 7 heteroatoms. The predicted molar refractivity (Wildman–Crippen MR) is 93.4 cm³/mol. The van der Waals surface area contributed by atoms with Crippen LogP contribution in [0.15, 0.2) is 23.1 Å². The Morgan fingerprint density at radius 3 is 2.46 bits per heavy atom. The second-order valence-corrected chi connectivity index (χ2v) is 10.2. The molecule has 1 aliphatic rings. The summed E-state index contributed by atoms with van der Waals surface area (Å²) in [5, 5.41) is 10.3. The van der Waals surface area contributed by atoms with Crippen molar-refractivity contribution in [1.82, 2.24) is 4.31 Å². The van der Waals surface area contributed by atoms with Crippen LogP contribution < -0.4 is 10.5 Å². The molecule has 0 amide bonds. The molecule has 0 aliphatic carbocycles. The van der Waals surface area contributed by atoms with Crippen molar-refractivity contribution in [2.24, 2.45) is 11.1 Å². The van der Waals surface area contributed by atoms with Gasteiger partial charge in [0.1, 0.15) is 17.5 Å². The van der Waals surface area contributed by atoms with Crippen LogP contribution in [0.25, 0.3) is 0 Å². The summed E-state index contributed by atoms with van der Waals surface area (Å²) in [6.07, 6.45) is -0.921. The Morgan fingerprint density at radius 2 is 1.92 bits per heavy atom. The monoisotopic (exact) mass is 356 g/mol. The predicted octanol–water partition coefficient (Wildman–Crippen LogP) is 1.88. The molecule has 1 aromatic carbocycles. The normalized spacial score (nSPS) is 23.7. The Balaban J connectivity index is 2.42. The number of rotatable bonds is 3. The SMILES string of the molecule is CN(CC(C)(C)C)S(=O)(=O)c1ccc2c(c1)[C@H](N)[C@@H](O)C(C)(C)O2. The van der Waals surface area contributed by atoms with Crippen molar-refractivity contribution in [3.05, 3.63) is 23.8 Å². The molecule has 0 aromatic heterocycles. The van der Waals surface area contributed by atoms with Crippen molar-refractivity contribution in [3.8, 4) is 5.75 Å². The van der Waals surface area contributed by atoms with Crippen LogP contribution in [0.2, 0.25) is 0 Å². The number of fused-ring (bicyclic) bond motifs is 1. The van der Waals surface area contributed by atoms with E-state index in [0.29, 0.717) is 17.9 Å². The summed E-state index contributed by atoms with van der Waals surface area (Å²) < 4.78 is 32.7. The van der Waals surface area contributed by atoms with Gasteiger partial charge in [0, 0.05) is 19.2 Å². The van der Waals surface area contributed by atoms with Gasteiger partial charge in [0.25, 0.3) is 0 Å². The molecule has 0 unspecified atom stereocenters. The van der Waals surface area contributed by atoms with Crippen LogP contribution in [-0.4, -0.2) is 43.1 Å². The zero-order valence-electron chi connectivity index (χ0n) is 15.2. The molecular formula is C17H28N2O4S. The minimum Gasteiger partial charge on any atom is -0.485 e. The first-order valence-electron chi connectivity index (χ1n) is 7.99. The van der Waals surface area contributed by atoms with Gasteiger partial charge in [0.15, 0.2) is 0 Å². The third-order valence-corrected chi connectivity index (χ3v) is 5.97. The molecule has 1 heterocycles. The van der Waals surface area contributed by atoms with Crippen LogP contribution >= 0.6 is 0 Å². The van der Waals surface area contributed by atoms with Crippen LogP contribution in [0.5, 0.6) is 5.75 Å². The zero-order chi connectivity index (χ0) is 18.5. The second kappa shape index (κ2) is 5.98. The molecule has 0 fully saturated rings. The molecule has 6 nitrogen and oxygen atoms in total. The van der Waals surface area contributed by atoms with Crippen molar-refractivity contribution in [2.75, 3.05) is 13.6 Å². The van der Waals surface area contributed by atoms with Gasteiger partial charge in [-0.15, -0.1) is 0 Å². The highest BCUT2D eigenvalue weighted by atomic mass is 32.2. The Kier molecular flexibility index (Phi) is 4.78. The Bertz CT molecular complexity index is 723. The first-order chi connectivity index (χ1) is 10.8. The summed E-state index contributed by atoms with van der Waals surface area (Å²) >= 11 is 0. The molecule has 1 aromatic rings. The number of aliphatic hydroxyl groups excluding tert-OH is 1. The van der Waals surface area contributed by atoms with E-state index in [0.717, 1.165) is 0 Å². The van der Waals surface area contributed by atoms with Gasteiger partial charge in [-0.3, -0.25) is 0 Å². The molecule has 0 bridgehead atoms. The number of ether oxygens (including phenoxy) is 1. The lowest BCUT2D eigenvalue weighted by molar-refractivity contribution is -0.0572. The summed E-state index contributed by atoms with van der Waals surface area (Å²) in [6.45, 7) is 9.84. The van der Waals surface area contributed by atoms with Gasteiger partial charge in [-0.25, -0.2) is 12.7 Å². The largest absolute Gasteiger partial charge is 0.485 e. The number of sulfonamides is 1. The number of hydrogen-bond acceptors (Lipinski definition) is 5. The van der Waals surface area contributed by atoms with E-state index in [1.54, 1.807) is 27.0 Å². The minimum absolute atomic E-state index is 0.152. The van der Waals surface area contributed by atoms with Crippen LogP contribution in [0.1, 0.15) is 46.2 Å². The van der Waals surface area contributed by atoms with E-state index in [1.165, 1.54) is 16.4 Å². The maximum atomic E-state index is 12.8. The van der Waals surface area contributed by atoms with E-state index >= 15 is 0 Å². The fourth-order valence-corrected chi connectivity index (χ4v) is 4.35. The molecular weight excluding hydrogens is 328 g/mol. The highest BCUT2D eigenvalue weighted by Crippen LogP contribution is 2.39. The standard InChI is InChI=1S/C17H28N2O4S/c1-16(2,3)10-19(6)24(21,22)11-7-8-13-12(9-11)14(18)15(20)17(4,5)23-13/h7-9,14-15,20H,10,18H2,1-6H3/t14-,15+/m0/s1. The molecule has 136 valence electrons. The number of aliphatic hydroxyl groups is 1. The van der Waals surface area contributed by atoms with Gasteiger partial charge in [-0.2, -0.15) is 0 Å². The fraction of sp³-hybridized carbons (Fsp3) is 0.647. The smallest absolute Gasteiger partial charge is 0.242 e. The van der Waals surface area contributed by atoms with E-state index in [1.807, 2.05) is 20.8 Å². The van der Waals surface area contributed by atoms with Crippen molar-refractivity contribution < 1.29 is 18.3 Å². The zero-order valence-corrected chi connectivity index (χ0v) is 16.0. The van der Waals surface area contributed by atoms with Crippen LogP contribution in [0.3, 0.4) is 0 Å². The number of hydrogen-bond donors (Lipinski definition) is 2. The molecule has 0 saturated carbocycles. The number of benzene rings is 1. The van der Waals surface area contributed by atoms with E-state index in [4.69, 9.17) is 10.5 Å². The van der Waals surface area contributed by atoms with E-state index in [-0.39, 0.29) is 10.3 Å². The summed E-state index contributed by atoms with van der Waals surface area (Å²) in [5.41, 5.74) is 5.64. The van der Waals surface area contributed by atoms with Crippen molar-refractivity contribution >= 4 is 10.0 Å². The quantitative estimate of drug-likeness (QED) is 0.863. The summed E-state index contributed by atoms with van der Waals surface area (Å²) in [5.74, 6) is 0.509. The molecule has 0 radical (unpaired) electrons. The van der Waals surface area contributed by atoms with Gasteiger partial charge in [-0.05, 0) is 37.5 Å². The Morgan fingerprint density at radius 1 is 1.33 bits per heavy atom. The molecule has 24 heavy (non-hydrogen) atoms. The highest BCUT2D eigenvalue weighted by molar-refractivity contribution is 7.89. The first-order valence-corrected chi connectivity index (χ1v) is 9.43. The van der Waals surface area contributed by atoms with Gasteiger partial charge in [0.05, 0.1) is 10.9 Å². The number of nitrogens with two attached hydrogens (primary N) is 1. The maximum Gasteiger partial charge on any atom is 0.242 e. The molecule has 0 spiro atoms. The van der Waals surface area contributed by atoms with Gasteiger partial charge in [0.2, 0.25) is 10.0 Å². The average molecular weight is 356 g/mol. The summed E-state index contributed by atoms with van der Waals surface area (Å²) in [4.78, 5) is 0.152.